The molecule has 34 heavy (non-hydrogen) atoms. The van der Waals surface area contributed by atoms with Crippen LogP contribution in [0.2, 0.25) is 10.0 Å². The van der Waals surface area contributed by atoms with Crippen molar-refractivity contribution in [3.8, 4) is 28.4 Å². The standard InChI is InChI=1S/C26H20Cl2N2O4/c1-33-20-8-3-16(4-9-20)22(26(31)32)14-18-15-25(17-5-12-23(27)24(28)13-17)30(29-18)19-6-10-21(34-2)11-7-19/h3-15H,1-2H3,(H,31,32)/b22-14-. The molecular weight excluding hydrogens is 475 g/mol. The predicted octanol–water partition coefficient (Wildman–Crippen LogP) is 6.49. The van der Waals surface area contributed by atoms with E-state index in [4.69, 9.17) is 32.7 Å². The molecule has 1 aromatic heterocycles. The summed E-state index contributed by atoms with van der Waals surface area (Å²) in [4.78, 5) is 12.1. The van der Waals surface area contributed by atoms with Crippen molar-refractivity contribution in [1.82, 2.24) is 9.78 Å². The topological polar surface area (TPSA) is 73.6 Å². The summed E-state index contributed by atoms with van der Waals surface area (Å²) in [5.41, 5.74) is 3.35. The lowest BCUT2D eigenvalue weighted by Gasteiger charge is -2.09. The van der Waals surface area contributed by atoms with Gasteiger partial charge in [-0.2, -0.15) is 5.10 Å². The van der Waals surface area contributed by atoms with Gasteiger partial charge in [0.1, 0.15) is 11.5 Å². The second-order valence-corrected chi connectivity index (χ2v) is 8.10. The van der Waals surface area contributed by atoms with Crippen molar-refractivity contribution in [2.24, 2.45) is 0 Å². The highest BCUT2D eigenvalue weighted by molar-refractivity contribution is 6.42. The van der Waals surface area contributed by atoms with Gasteiger partial charge in [-0.15, -0.1) is 0 Å². The summed E-state index contributed by atoms with van der Waals surface area (Å²) in [6, 6.07) is 21.3. The van der Waals surface area contributed by atoms with Gasteiger partial charge >= 0.3 is 5.97 Å². The van der Waals surface area contributed by atoms with Crippen molar-refractivity contribution in [2.45, 2.75) is 0 Å². The molecule has 0 amide bonds. The Morgan fingerprint density at radius 2 is 1.50 bits per heavy atom. The van der Waals surface area contributed by atoms with E-state index in [1.54, 1.807) is 61.4 Å². The number of nitrogens with zero attached hydrogens (tertiary/aromatic N) is 2. The third kappa shape index (κ3) is 4.93. The minimum absolute atomic E-state index is 0.0997. The Hall–Kier alpha value is -3.74. The lowest BCUT2D eigenvalue weighted by atomic mass is 10.0. The van der Waals surface area contributed by atoms with Gasteiger partial charge < -0.3 is 14.6 Å². The van der Waals surface area contributed by atoms with E-state index in [9.17, 15) is 9.90 Å². The number of ether oxygens (including phenoxy) is 2. The highest BCUT2D eigenvalue weighted by Gasteiger charge is 2.16. The molecule has 0 bridgehead atoms. The first-order chi connectivity index (χ1) is 16.4. The number of rotatable bonds is 7. The van der Waals surface area contributed by atoms with Gasteiger partial charge in [0, 0.05) is 5.56 Å². The van der Waals surface area contributed by atoms with Crippen molar-refractivity contribution in [2.75, 3.05) is 14.2 Å². The van der Waals surface area contributed by atoms with E-state index in [1.807, 2.05) is 30.3 Å². The molecule has 0 aliphatic rings. The Labute approximate surface area is 206 Å². The van der Waals surface area contributed by atoms with Crippen LogP contribution in [0.1, 0.15) is 11.3 Å². The van der Waals surface area contributed by atoms with Gasteiger partial charge in [-0.3, -0.25) is 0 Å². The number of aliphatic carboxylic acids is 1. The van der Waals surface area contributed by atoms with Gasteiger partial charge in [0.15, 0.2) is 0 Å². The van der Waals surface area contributed by atoms with Crippen LogP contribution in [0.15, 0.2) is 72.8 Å². The van der Waals surface area contributed by atoms with E-state index in [1.165, 1.54) is 6.08 Å². The Morgan fingerprint density at radius 3 is 2.06 bits per heavy atom. The molecule has 4 rings (SSSR count). The fraction of sp³-hybridized carbons (Fsp3) is 0.0769. The zero-order valence-electron chi connectivity index (χ0n) is 18.3. The lowest BCUT2D eigenvalue weighted by molar-refractivity contribution is -0.130. The van der Waals surface area contributed by atoms with Crippen molar-refractivity contribution in [3.05, 3.63) is 94.1 Å². The molecule has 4 aromatic rings. The second-order valence-electron chi connectivity index (χ2n) is 7.28. The Morgan fingerprint density at radius 1 is 0.882 bits per heavy atom. The smallest absolute Gasteiger partial charge is 0.336 e. The molecule has 0 saturated heterocycles. The average molecular weight is 495 g/mol. The molecule has 0 spiro atoms. The van der Waals surface area contributed by atoms with E-state index in [-0.39, 0.29) is 5.57 Å². The molecule has 1 N–H and O–H groups in total. The molecular formula is C26H20Cl2N2O4. The van der Waals surface area contributed by atoms with Crippen LogP contribution in [0, 0.1) is 0 Å². The third-order valence-corrected chi connectivity index (χ3v) is 5.92. The molecule has 0 unspecified atom stereocenters. The number of aromatic nitrogens is 2. The highest BCUT2D eigenvalue weighted by Crippen LogP contribution is 2.32. The molecule has 0 atom stereocenters. The zero-order valence-corrected chi connectivity index (χ0v) is 19.8. The predicted molar refractivity (Wildman–Crippen MR) is 134 cm³/mol. The first-order valence-corrected chi connectivity index (χ1v) is 10.9. The first kappa shape index (κ1) is 23.4. The summed E-state index contributed by atoms with van der Waals surface area (Å²) < 4.78 is 12.1. The fourth-order valence-electron chi connectivity index (χ4n) is 3.44. The molecule has 0 saturated carbocycles. The third-order valence-electron chi connectivity index (χ3n) is 5.18. The number of hydrogen-bond acceptors (Lipinski definition) is 4. The monoisotopic (exact) mass is 494 g/mol. The normalized spacial score (nSPS) is 11.4. The van der Waals surface area contributed by atoms with E-state index in [0.29, 0.717) is 32.8 Å². The average Bonchev–Trinajstić information content (AvgIpc) is 3.28. The number of carboxylic acid groups (broad SMARTS) is 1. The van der Waals surface area contributed by atoms with Gasteiger partial charge in [-0.1, -0.05) is 41.4 Å². The maximum atomic E-state index is 12.1. The molecule has 0 aliphatic carbocycles. The summed E-state index contributed by atoms with van der Waals surface area (Å²) in [6.45, 7) is 0. The number of benzene rings is 3. The molecule has 0 fully saturated rings. The number of hydrogen-bond donors (Lipinski definition) is 1. The van der Waals surface area contributed by atoms with Crippen molar-refractivity contribution in [3.63, 3.8) is 0 Å². The van der Waals surface area contributed by atoms with Crippen molar-refractivity contribution < 1.29 is 19.4 Å². The minimum atomic E-state index is -1.07. The largest absolute Gasteiger partial charge is 0.497 e. The number of carbonyl (C=O) groups is 1. The molecule has 172 valence electrons. The summed E-state index contributed by atoms with van der Waals surface area (Å²) in [5.74, 6) is 0.277. The van der Waals surface area contributed by atoms with Gasteiger partial charge in [0.05, 0.1) is 46.9 Å². The quantitative estimate of drug-likeness (QED) is 0.297. The van der Waals surface area contributed by atoms with Gasteiger partial charge in [-0.25, -0.2) is 9.48 Å². The molecule has 8 heteroatoms. The van der Waals surface area contributed by atoms with Crippen LogP contribution in [-0.2, 0) is 4.79 Å². The molecule has 0 radical (unpaired) electrons. The number of methoxy groups -OCH3 is 2. The Balaban J connectivity index is 1.85. The second kappa shape index (κ2) is 10.0. The van der Waals surface area contributed by atoms with Crippen molar-refractivity contribution >= 4 is 40.8 Å². The van der Waals surface area contributed by atoms with Crippen molar-refractivity contribution in [1.29, 1.82) is 0 Å². The Kier molecular flexibility index (Phi) is 6.91. The molecule has 3 aromatic carbocycles. The van der Waals surface area contributed by atoms with Gasteiger partial charge in [0.2, 0.25) is 0 Å². The molecule has 6 nitrogen and oxygen atoms in total. The number of halogens is 2. The maximum absolute atomic E-state index is 12.1. The summed E-state index contributed by atoms with van der Waals surface area (Å²) in [6.07, 6.45) is 1.53. The van der Waals surface area contributed by atoms with Crippen LogP contribution in [0.3, 0.4) is 0 Å². The van der Waals surface area contributed by atoms with E-state index in [0.717, 1.165) is 16.9 Å². The summed E-state index contributed by atoms with van der Waals surface area (Å²) >= 11 is 12.4. The van der Waals surface area contributed by atoms with Crippen LogP contribution in [0.4, 0.5) is 0 Å². The van der Waals surface area contributed by atoms with E-state index < -0.39 is 5.97 Å². The van der Waals surface area contributed by atoms with Crippen LogP contribution >= 0.6 is 23.2 Å². The Bertz CT molecular complexity index is 1360. The summed E-state index contributed by atoms with van der Waals surface area (Å²) in [7, 11) is 3.15. The SMILES string of the molecule is COc1ccc(/C(=C/c2cc(-c3ccc(Cl)c(Cl)c3)n(-c3ccc(OC)cc3)n2)C(=O)O)cc1. The van der Waals surface area contributed by atoms with Crippen LogP contribution in [-0.4, -0.2) is 35.1 Å². The van der Waals surface area contributed by atoms with E-state index >= 15 is 0 Å². The fourth-order valence-corrected chi connectivity index (χ4v) is 3.74. The maximum Gasteiger partial charge on any atom is 0.336 e. The van der Waals surface area contributed by atoms with E-state index in [2.05, 4.69) is 5.10 Å². The van der Waals surface area contributed by atoms with Gasteiger partial charge in [-0.05, 0) is 66.2 Å². The zero-order chi connectivity index (χ0) is 24.2. The minimum Gasteiger partial charge on any atom is -0.497 e. The summed E-state index contributed by atoms with van der Waals surface area (Å²) in [5, 5.41) is 15.4. The first-order valence-electron chi connectivity index (χ1n) is 10.2. The molecule has 1 heterocycles. The lowest BCUT2D eigenvalue weighted by Crippen LogP contribution is -2.01. The van der Waals surface area contributed by atoms with Gasteiger partial charge in [0.25, 0.3) is 0 Å². The highest BCUT2D eigenvalue weighted by atomic mass is 35.5. The van der Waals surface area contributed by atoms with Crippen LogP contribution < -0.4 is 9.47 Å². The number of carboxylic acids is 1. The van der Waals surface area contributed by atoms with Crippen LogP contribution in [0.5, 0.6) is 11.5 Å². The van der Waals surface area contributed by atoms with Crippen LogP contribution in [0.25, 0.3) is 28.6 Å². The molecule has 0 aliphatic heterocycles.